The highest BCUT2D eigenvalue weighted by molar-refractivity contribution is 5.86. The van der Waals surface area contributed by atoms with Gasteiger partial charge in [-0.05, 0) is 24.1 Å². The standard InChI is InChI=1S/C23H30N4O2/c1-24-23(26-18-22(28)25-15-12-19-8-4-2-5-9-19)27-16-13-21(14-17-27)29-20-10-6-3-7-11-20/h2-11,21H,12-18H2,1H3,(H,24,26)(H,25,28). The summed E-state index contributed by atoms with van der Waals surface area (Å²) in [6.45, 7) is 2.56. The van der Waals surface area contributed by atoms with Crippen LogP contribution < -0.4 is 15.4 Å². The van der Waals surface area contributed by atoms with Gasteiger partial charge in [-0.2, -0.15) is 0 Å². The van der Waals surface area contributed by atoms with Crippen molar-refractivity contribution in [1.29, 1.82) is 0 Å². The molecule has 0 aromatic heterocycles. The minimum absolute atomic E-state index is 0.0237. The lowest BCUT2D eigenvalue weighted by atomic mass is 10.1. The molecule has 1 amide bonds. The number of guanidine groups is 1. The molecular weight excluding hydrogens is 364 g/mol. The van der Waals surface area contributed by atoms with E-state index >= 15 is 0 Å². The van der Waals surface area contributed by atoms with Gasteiger partial charge in [0.2, 0.25) is 5.91 Å². The predicted octanol–water partition coefficient (Wildman–Crippen LogP) is 2.46. The fraction of sp³-hybridized carbons (Fsp3) is 0.391. The van der Waals surface area contributed by atoms with Gasteiger partial charge in [0.15, 0.2) is 5.96 Å². The van der Waals surface area contributed by atoms with E-state index in [0.717, 1.165) is 44.1 Å². The summed E-state index contributed by atoms with van der Waals surface area (Å²) in [5.41, 5.74) is 1.22. The van der Waals surface area contributed by atoms with Gasteiger partial charge < -0.3 is 20.3 Å². The molecule has 1 heterocycles. The largest absolute Gasteiger partial charge is 0.490 e. The molecule has 0 saturated carbocycles. The minimum atomic E-state index is -0.0237. The number of rotatable bonds is 7. The van der Waals surface area contributed by atoms with E-state index < -0.39 is 0 Å². The number of aliphatic imine (C=N–C) groups is 1. The molecule has 0 aliphatic carbocycles. The molecule has 0 unspecified atom stereocenters. The van der Waals surface area contributed by atoms with Gasteiger partial charge in [0.1, 0.15) is 11.9 Å². The van der Waals surface area contributed by atoms with Crippen molar-refractivity contribution in [2.75, 3.05) is 33.2 Å². The molecule has 6 heteroatoms. The number of nitrogens with zero attached hydrogens (tertiary/aromatic N) is 2. The third-order valence-corrected chi connectivity index (χ3v) is 4.99. The molecule has 29 heavy (non-hydrogen) atoms. The van der Waals surface area contributed by atoms with E-state index in [9.17, 15) is 4.79 Å². The van der Waals surface area contributed by atoms with Crippen molar-refractivity contribution in [3.63, 3.8) is 0 Å². The molecule has 2 N–H and O–H groups in total. The lowest BCUT2D eigenvalue weighted by Crippen LogP contribution is -2.49. The van der Waals surface area contributed by atoms with Crippen LogP contribution in [0.3, 0.4) is 0 Å². The third kappa shape index (κ3) is 6.82. The maximum absolute atomic E-state index is 12.1. The fourth-order valence-corrected chi connectivity index (χ4v) is 3.42. The molecule has 1 aliphatic rings. The molecule has 154 valence electrons. The van der Waals surface area contributed by atoms with Gasteiger partial charge in [0, 0.05) is 39.5 Å². The Bertz CT molecular complexity index is 772. The average molecular weight is 395 g/mol. The van der Waals surface area contributed by atoms with Crippen LogP contribution in [0.2, 0.25) is 0 Å². The SMILES string of the molecule is CN=C(NCC(=O)NCCc1ccccc1)N1CCC(Oc2ccccc2)CC1. The topological polar surface area (TPSA) is 66.0 Å². The highest BCUT2D eigenvalue weighted by Gasteiger charge is 2.22. The second-order valence-corrected chi connectivity index (χ2v) is 7.10. The molecular formula is C23H30N4O2. The molecule has 0 atom stereocenters. The van der Waals surface area contributed by atoms with Crippen LogP contribution in [0.1, 0.15) is 18.4 Å². The predicted molar refractivity (Wildman–Crippen MR) is 116 cm³/mol. The molecule has 0 bridgehead atoms. The van der Waals surface area contributed by atoms with Crippen LogP contribution in [0.4, 0.5) is 0 Å². The monoisotopic (exact) mass is 394 g/mol. The van der Waals surface area contributed by atoms with Crippen molar-refractivity contribution < 1.29 is 9.53 Å². The first-order valence-corrected chi connectivity index (χ1v) is 10.2. The van der Waals surface area contributed by atoms with Crippen LogP contribution >= 0.6 is 0 Å². The Balaban J connectivity index is 1.35. The number of piperidine rings is 1. The number of likely N-dealkylation sites (tertiary alicyclic amines) is 1. The lowest BCUT2D eigenvalue weighted by molar-refractivity contribution is -0.120. The number of benzene rings is 2. The number of hydrogen-bond acceptors (Lipinski definition) is 3. The summed E-state index contributed by atoms with van der Waals surface area (Å²) in [5, 5.41) is 6.13. The zero-order chi connectivity index (χ0) is 20.3. The van der Waals surface area contributed by atoms with Gasteiger partial charge in [-0.25, -0.2) is 0 Å². The smallest absolute Gasteiger partial charge is 0.239 e. The number of amides is 1. The van der Waals surface area contributed by atoms with E-state index in [-0.39, 0.29) is 18.6 Å². The maximum Gasteiger partial charge on any atom is 0.239 e. The lowest BCUT2D eigenvalue weighted by Gasteiger charge is -2.34. The Labute approximate surface area is 173 Å². The van der Waals surface area contributed by atoms with Gasteiger partial charge in [0.05, 0.1) is 6.54 Å². The Morgan fingerprint density at radius 2 is 1.69 bits per heavy atom. The molecule has 3 rings (SSSR count). The molecule has 1 saturated heterocycles. The summed E-state index contributed by atoms with van der Waals surface area (Å²) >= 11 is 0. The zero-order valence-corrected chi connectivity index (χ0v) is 17.0. The first-order valence-electron chi connectivity index (χ1n) is 10.2. The molecule has 1 aliphatic heterocycles. The highest BCUT2D eigenvalue weighted by atomic mass is 16.5. The van der Waals surface area contributed by atoms with E-state index in [0.29, 0.717) is 6.54 Å². The van der Waals surface area contributed by atoms with Gasteiger partial charge in [-0.1, -0.05) is 48.5 Å². The zero-order valence-electron chi connectivity index (χ0n) is 17.0. The van der Waals surface area contributed by atoms with Gasteiger partial charge in [-0.15, -0.1) is 0 Å². The third-order valence-electron chi connectivity index (χ3n) is 4.99. The summed E-state index contributed by atoms with van der Waals surface area (Å²) in [5.74, 6) is 1.66. The number of hydrogen-bond donors (Lipinski definition) is 2. The second kappa shape index (κ2) is 11.1. The first-order chi connectivity index (χ1) is 14.2. The summed E-state index contributed by atoms with van der Waals surface area (Å²) in [4.78, 5) is 18.6. The Kier molecular flexibility index (Phi) is 7.92. The Morgan fingerprint density at radius 3 is 2.34 bits per heavy atom. The van der Waals surface area contributed by atoms with Crippen molar-refractivity contribution in [3.8, 4) is 5.75 Å². The van der Waals surface area contributed by atoms with Gasteiger partial charge >= 0.3 is 0 Å². The van der Waals surface area contributed by atoms with Crippen LogP contribution in [0, 0.1) is 0 Å². The normalized spacial score (nSPS) is 15.1. The van der Waals surface area contributed by atoms with Crippen molar-refractivity contribution >= 4 is 11.9 Å². The minimum Gasteiger partial charge on any atom is -0.490 e. The van der Waals surface area contributed by atoms with E-state index in [1.807, 2.05) is 48.5 Å². The Hall–Kier alpha value is -3.02. The average Bonchev–Trinajstić information content (AvgIpc) is 2.77. The van der Waals surface area contributed by atoms with Gasteiger partial charge in [0.25, 0.3) is 0 Å². The van der Waals surface area contributed by atoms with E-state index in [1.54, 1.807) is 7.05 Å². The van der Waals surface area contributed by atoms with Crippen molar-refractivity contribution in [1.82, 2.24) is 15.5 Å². The van der Waals surface area contributed by atoms with Crippen LogP contribution in [0.25, 0.3) is 0 Å². The number of para-hydroxylation sites is 1. The molecule has 6 nitrogen and oxygen atoms in total. The maximum atomic E-state index is 12.1. The van der Waals surface area contributed by atoms with Crippen LogP contribution in [0.15, 0.2) is 65.7 Å². The summed E-state index contributed by atoms with van der Waals surface area (Å²) in [6, 6.07) is 20.1. The number of nitrogens with one attached hydrogen (secondary N) is 2. The van der Waals surface area contributed by atoms with Crippen molar-refractivity contribution in [2.45, 2.75) is 25.4 Å². The first kappa shape index (κ1) is 20.7. The summed E-state index contributed by atoms with van der Waals surface area (Å²) in [6.07, 6.45) is 2.90. The number of carbonyl (C=O) groups is 1. The van der Waals surface area contributed by atoms with Gasteiger partial charge in [-0.3, -0.25) is 9.79 Å². The molecule has 0 spiro atoms. The molecule has 0 radical (unpaired) electrons. The second-order valence-electron chi connectivity index (χ2n) is 7.10. The van der Waals surface area contributed by atoms with Crippen LogP contribution in [0.5, 0.6) is 5.75 Å². The van der Waals surface area contributed by atoms with E-state index in [2.05, 4.69) is 32.7 Å². The number of carbonyl (C=O) groups excluding carboxylic acids is 1. The molecule has 2 aromatic rings. The quantitative estimate of drug-likeness (QED) is 0.559. The van der Waals surface area contributed by atoms with Crippen molar-refractivity contribution in [2.24, 2.45) is 4.99 Å². The molecule has 2 aromatic carbocycles. The van der Waals surface area contributed by atoms with Crippen molar-refractivity contribution in [3.05, 3.63) is 66.2 Å². The summed E-state index contributed by atoms with van der Waals surface area (Å²) in [7, 11) is 1.75. The Morgan fingerprint density at radius 1 is 1.03 bits per heavy atom. The van der Waals surface area contributed by atoms with Crippen LogP contribution in [-0.2, 0) is 11.2 Å². The van der Waals surface area contributed by atoms with E-state index in [4.69, 9.17) is 4.74 Å². The fourth-order valence-electron chi connectivity index (χ4n) is 3.42. The van der Waals surface area contributed by atoms with Crippen LogP contribution in [-0.4, -0.2) is 56.1 Å². The highest BCUT2D eigenvalue weighted by Crippen LogP contribution is 2.18. The van der Waals surface area contributed by atoms with E-state index in [1.165, 1.54) is 5.56 Å². The number of ether oxygens (including phenoxy) is 1. The molecule has 1 fully saturated rings. The summed E-state index contributed by atoms with van der Waals surface area (Å²) < 4.78 is 6.04.